The number of ether oxygens (including phenoxy) is 1. The van der Waals surface area contributed by atoms with Gasteiger partial charge in [-0.15, -0.1) is 0 Å². The number of nitrogens with zero attached hydrogens (tertiary/aromatic N) is 1. The summed E-state index contributed by atoms with van der Waals surface area (Å²) < 4.78 is 5.85. The van der Waals surface area contributed by atoms with Crippen LogP contribution >= 0.6 is 11.6 Å². The zero-order valence-corrected chi connectivity index (χ0v) is 19.8. The first-order valence-corrected chi connectivity index (χ1v) is 11.2. The quantitative estimate of drug-likeness (QED) is 0.557. The average Bonchev–Trinajstić information content (AvgIpc) is 2.75. The number of aryl methyl sites for hydroxylation is 2. The maximum atomic E-state index is 13.3. The third-order valence-corrected chi connectivity index (χ3v) is 5.75. The van der Waals surface area contributed by atoms with Gasteiger partial charge in [0.25, 0.3) is 5.91 Å². The SMILES string of the molecule is CC[C@H](C)NC(=O)[C@H](CC)N(Cc1ccccc1Cl)C(=O)COc1cc(C)ccc1C. The summed E-state index contributed by atoms with van der Waals surface area (Å²) in [4.78, 5) is 27.8. The van der Waals surface area contributed by atoms with Crippen molar-refractivity contribution in [2.45, 2.75) is 66.1 Å². The van der Waals surface area contributed by atoms with E-state index in [9.17, 15) is 9.59 Å². The van der Waals surface area contributed by atoms with E-state index in [1.54, 1.807) is 11.0 Å². The molecule has 0 aliphatic heterocycles. The lowest BCUT2D eigenvalue weighted by Gasteiger charge is -2.31. The number of carbonyl (C=O) groups excluding carboxylic acids is 2. The van der Waals surface area contributed by atoms with Crippen LogP contribution in [0.25, 0.3) is 0 Å². The summed E-state index contributed by atoms with van der Waals surface area (Å²) in [5.74, 6) is 0.249. The van der Waals surface area contributed by atoms with Crippen LogP contribution in [0.15, 0.2) is 42.5 Å². The van der Waals surface area contributed by atoms with Gasteiger partial charge in [-0.1, -0.05) is 55.8 Å². The van der Waals surface area contributed by atoms with Gasteiger partial charge in [-0.2, -0.15) is 0 Å². The molecule has 6 heteroatoms. The molecule has 2 aromatic carbocycles. The van der Waals surface area contributed by atoms with Crippen LogP contribution < -0.4 is 10.1 Å². The number of rotatable bonds is 10. The second kappa shape index (κ2) is 11.8. The zero-order chi connectivity index (χ0) is 23.0. The molecule has 2 atom stereocenters. The van der Waals surface area contributed by atoms with Gasteiger partial charge in [0.2, 0.25) is 5.91 Å². The first-order chi connectivity index (χ1) is 14.8. The summed E-state index contributed by atoms with van der Waals surface area (Å²) >= 11 is 6.35. The minimum Gasteiger partial charge on any atom is -0.483 e. The molecule has 0 aliphatic rings. The zero-order valence-electron chi connectivity index (χ0n) is 19.1. The van der Waals surface area contributed by atoms with Crippen LogP contribution in [0, 0.1) is 13.8 Å². The number of nitrogens with one attached hydrogen (secondary N) is 1. The fourth-order valence-corrected chi connectivity index (χ4v) is 3.45. The number of carbonyl (C=O) groups is 2. The predicted octanol–water partition coefficient (Wildman–Crippen LogP) is 5.06. The van der Waals surface area contributed by atoms with Crippen molar-refractivity contribution < 1.29 is 14.3 Å². The maximum absolute atomic E-state index is 13.3. The molecule has 0 fully saturated rings. The highest BCUT2D eigenvalue weighted by atomic mass is 35.5. The van der Waals surface area contributed by atoms with Crippen LogP contribution in [0.2, 0.25) is 5.02 Å². The Morgan fingerprint density at radius 2 is 1.81 bits per heavy atom. The molecule has 0 saturated heterocycles. The molecule has 1 N–H and O–H groups in total. The van der Waals surface area contributed by atoms with E-state index in [-0.39, 0.29) is 31.0 Å². The lowest BCUT2D eigenvalue weighted by molar-refractivity contribution is -0.143. The fraction of sp³-hybridized carbons (Fsp3) is 0.440. The van der Waals surface area contributed by atoms with Gasteiger partial charge in [0.15, 0.2) is 6.61 Å². The standard InChI is InChI=1S/C25H33ClN2O3/c1-6-19(5)27-25(30)22(7-2)28(15-20-10-8-9-11-21(20)26)24(29)16-31-23-14-17(3)12-13-18(23)4/h8-14,19,22H,6-7,15-16H2,1-5H3,(H,27,30)/t19-,22-/m0/s1. The van der Waals surface area contributed by atoms with Crippen LogP contribution in [0.1, 0.15) is 50.3 Å². The Balaban J connectivity index is 2.26. The van der Waals surface area contributed by atoms with Crippen LogP contribution in [0.5, 0.6) is 5.75 Å². The van der Waals surface area contributed by atoms with Crippen molar-refractivity contribution in [2.24, 2.45) is 0 Å². The molecule has 2 aromatic rings. The Hall–Kier alpha value is -2.53. The third kappa shape index (κ3) is 7.00. The first-order valence-electron chi connectivity index (χ1n) is 10.8. The van der Waals surface area contributed by atoms with Crippen molar-refractivity contribution in [3.8, 4) is 5.75 Å². The second-order valence-corrected chi connectivity index (χ2v) is 8.32. The molecule has 0 aromatic heterocycles. The molecule has 0 radical (unpaired) electrons. The Bertz CT molecular complexity index is 900. The van der Waals surface area contributed by atoms with E-state index in [0.717, 1.165) is 23.1 Å². The molecule has 0 saturated carbocycles. The number of benzene rings is 2. The topological polar surface area (TPSA) is 58.6 Å². The van der Waals surface area contributed by atoms with Gasteiger partial charge in [0, 0.05) is 17.6 Å². The molecular formula is C25H33ClN2O3. The number of hydrogen-bond donors (Lipinski definition) is 1. The van der Waals surface area contributed by atoms with E-state index >= 15 is 0 Å². The van der Waals surface area contributed by atoms with E-state index in [2.05, 4.69) is 5.32 Å². The van der Waals surface area contributed by atoms with E-state index < -0.39 is 6.04 Å². The van der Waals surface area contributed by atoms with E-state index in [1.165, 1.54) is 0 Å². The highest BCUT2D eigenvalue weighted by molar-refractivity contribution is 6.31. The van der Waals surface area contributed by atoms with Crippen molar-refractivity contribution in [2.75, 3.05) is 6.61 Å². The molecule has 31 heavy (non-hydrogen) atoms. The van der Waals surface area contributed by atoms with Gasteiger partial charge >= 0.3 is 0 Å². The minimum atomic E-state index is -0.611. The van der Waals surface area contributed by atoms with E-state index in [1.807, 2.05) is 71.0 Å². The molecule has 5 nitrogen and oxygen atoms in total. The molecule has 2 amide bonds. The van der Waals surface area contributed by atoms with Crippen molar-refractivity contribution in [1.29, 1.82) is 0 Å². The molecule has 0 spiro atoms. The molecule has 168 valence electrons. The molecular weight excluding hydrogens is 412 g/mol. The molecule has 0 aliphatic carbocycles. The summed E-state index contributed by atoms with van der Waals surface area (Å²) in [6.45, 7) is 9.87. The Morgan fingerprint density at radius 1 is 1.10 bits per heavy atom. The smallest absolute Gasteiger partial charge is 0.261 e. The highest BCUT2D eigenvalue weighted by Gasteiger charge is 2.30. The molecule has 0 unspecified atom stereocenters. The van der Waals surface area contributed by atoms with Gasteiger partial charge < -0.3 is 15.0 Å². The lowest BCUT2D eigenvalue weighted by Crippen LogP contribution is -2.51. The van der Waals surface area contributed by atoms with Gasteiger partial charge in [0.05, 0.1) is 0 Å². The average molecular weight is 445 g/mol. The second-order valence-electron chi connectivity index (χ2n) is 7.91. The van der Waals surface area contributed by atoms with Crippen LogP contribution in [0.4, 0.5) is 0 Å². The fourth-order valence-electron chi connectivity index (χ4n) is 3.26. The minimum absolute atomic E-state index is 0.0324. The molecule has 0 bridgehead atoms. The Kier molecular flexibility index (Phi) is 9.38. The van der Waals surface area contributed by atoms with Crippen LogP contribution in [-0.2, 0) is 16.1 Å². The van der Waals surface area contributed by atoms with Gasteiger partial charge in [0.1, 0.15) is 11.8 Å². The first kappa shape index (κ1) is 24.7. The van der Waals surface area contributed by atoms with Crippen molar-refractivity contribution in [3.63, 3.8) is 0 Å². The molecule has 2 rings (SSSR count). The van der Waals surface area contributed by atoms with E-state index in [4.69, 9.17) is 16.3 Å². The number of hydrogen-bond acceptors (Lipinski definition) is 3. The summed E-state index contributed by atoms with van der Waals surface area (Å²) in [5, 5.41) is 3.56. The van der Waals surface area contributed by atoms with Gasteiger partial charge in [-0.3, -0.25) is 9.59 Å². The monoisotopic (exact) mass is 444 g/mol. The van der Waals surface area contributed by atoms with Crippen LogP contribution in [0.3, 0.4) is 0 Å². The summed E-state index contributed by atoms with van der Waals surface area (Å²) in [6.07, 6.45) is 1.30. The molecule has 0 heterocycles. The maximum Gasteiger partial charge on any atom is 0.261 e. The van der Waals surface area contributed by atoms with Crippen molar-refractivity contribution in [3.05, 3.63) is 64.2 Å². The largest absolute Gasteiger partial charge is 0.483 e. The highest BCUT2D eigenvalue weighted by Crippen LogP contribution is 2.22. The predicted molar refractivity (Wildman–Crippen MR) is 125 cm³/mol. The van der Waals surface area contributed by atoms with Crippen molar-refractivity contribution in [1.82, 2.24) is 10.2 Å². The van der Waals surface area contributed by atoms with E-state index in [0.29, 0.717) is 17.2 Å². The normalized spacial score (nSPS) is 12.7. The summed E-state index contributed by atoms with van der Waals surface area (Å²) in [6, 6.07) is 12.7. The van der Waals surface area contributed by atoms with Crippen LogP contribution in [-0.4, -0.2) is 35.4 Å². The Labute approximate surface area is 190 Å². The van der Waals surface area contributed by atoms with Crippen molar-refractivity contribution >= 4 is 23.4 Å². The third-order valence-electron chi connectivity index (χ3n) is 5.38. The Morgan fingerprint density at radius 3 is 2.45 bits per heavy atom. The lowest BCUT2D eigenvalue weighted by atomic mass is 10.1. The summed E-state index contributed by atoms with van der Waals surface area (Å²) in [7, 11) is 0. The summed E-state index contributed by atoms with van der Waals surface area (Å²) in [5.41, 5.74) is 2.80. The van der Waals surface area contributed by atoms with Gasteiger partial charge in [-0.05, 0) is 62.4 Å². The number of halogens is 1. The number of amides is 2. The van der Waals surface area contributed by atoms with Gasteiger partial charge in [-0.25, -0.2) is 0 Å².